The molecular formula is C14H28Cl2N4O. The number of imidazole rings is 1. The first kappa shape index (κ1) is 22.5. The Morgan fingerprint density at radius 1 is 1.38 bits per heavy atom. The highest BCUT2D eigenvalue weighted by atomic mass is 35.5. The van der Waals surface area contributed by atoms with Crippen LogP contribution in [0.5, 0.6) is 0 Å². The lowest BCUT2D eigenvalue weighted by molar-refractivity contribution is -0.122. The number of hydrogen-bond acceptors (Lipinski definition) is 3. The molecule has 3 N–H and O–H groups in total. The molecule has 0 aliphatic carbocycles. The molecule has 0 radical (unpaired) electrons. The van der Waals surface area contributed by atoms with Gasteiger partial charge < -0.3 is 15.6 Å². The Labute approximate surface area is 139 Å². The number of unbranched alkanes of at least 4 members (excludes halogenated alkanes) is 1. The van der Waals surface area contributed by atoms with Crippen molar-refractivity contribution in [3.8, 4) is 0 Å². The van der Waals surface area contributed by atoms with Gasteiger partial charge in [0.05, 0.1) is 6.04 Å². The van der Waals surface area contributed by atoms with Gasteiger partial charge in [-0.15, -0.1) is 24.8 Å². The van der Waals surface area contributed by atoms with Gasteiger partial charge in [-0.3, -0.25) is 4.79 Å². The van der Waals surface area contributed by atoms with Crippen molar-refractivity contribution < 1.29 is 4.79 Å². The fourth-order valence-corrected chi connectivity index (χ4v) is 2.00. The van der Waals surface area contributed by atoms with Gasteiger partial charge in [-0.25, -0.2) is 4.98 Å². The number of rotatable bonds is 8. The number of carbonyl (C=O) groups is 1. The molecule has 1 amide bonds. The largest absolute Gasteiger partial charge is 0.355 e. The van der Waals surface area contributed by atoms with Gasteiger partial charge >= 0.3 is 0 Å². The second-order valence-corrected chi connectivity index (χ2v) is 5.40. The van der Waals surface area contributed by atoms with Crippen molar-refractivity contribution in [2.24, 2.45) is 11.7 Å². The lowest BCUT2D eigenvalue weighted by Crippen LogP contribution is -2.41. The number of nitrogens with zero attached hydrogens (tertiary/aromatic N) is 2. The van der Waals surface area contributed by atoms with E-state index in [9.17, 15) is 4.79 Å². The highest BCUT2D eigenvalue weighted by Crippen LogP contribution is 2.03. The van der Waals surface area contributed by atoms with Crippen LogP contribution in [-0.4, -0.2) is 28.0 Å². The average Bonchev–Trinajstić information content (AvgIpc) is 2.73. The summed E-state index contributed by atoms with van der Waals surface area (Å²) >= 11 is 0. The fourth-order valence-electron chi connectivity index (χ4n) is 2.00. The van der Waals surface area contributed by atoms with E-state index in [0.717, 1.165) is 31.6 Å². The molecule has 124 valence electrons. The van der Waals surface area contributed by atoms with Crippen molar-refractivity contribution in [2.75, 3.05) is 6.54 Å². The minimum absolute atomic E-state index is 0. The second-order valence-electron chi connectivity index (χ2n) is 5.40. The van der Waals surface area contributed by atoms with Gasteiger partial charge in [0.15, 0.2) is 0 Å². The van der Waals surface area contributed by atoms with E-state index >= 15 is 0 Å². The number of halogens is 2. The summed E-state index contributed by atoms with van der Waals surface area (Å²) < 4.78 is 2.12. The molecule has 0 aromatic carbocycles. The minimum Gasteiger partial charge on any atom is -0.355 e. The Bertz CT molecular complexity index is 396. The second kappa shape index (κ2) is 11.8. The third-order valence-electron chi connectivity index (χ3n) is 3.11. The zero-order valence-electron chi connectivity index (χ0n) is 13.0. The van der Waals surface area contributed by atoms with Gasteiger partial charge in [0.1, 0.15) is 5.82 Å². The number of nitrogens with one attached hydrogen (secondary N) is 1. The molecule has 0 aliphatic rings. The SMILES string of the molecule is Cc1nccn1CCCCNC(=O)[C@@H](N)CC(C)C.Cl.Cl. The Morgan fingerprint density at radius 3 is 2.57 bits per heavy atom. The van der Waals surface area contributed by atoms with E-state index in [1.165, 1.54) is 0 Å². The van der Waals surface area contributed by atoms with Crippen LogP contribution in [-0.2, 0) is 11.3 Å². The van der Waals surface area contributed by atoms with Gasteiger partial charge in [0.25, 0.3) is 0 Å². The number of carbonyl (C=O) groups excluding carboxylic acids is 1. The summed E-state index contributed by atoms with van der Waals surface area (Å²) in [6.07, 6.45) is 6.50. The molecule has 0 saturated heterocycles. The molecule has 0 spiro atoms. The van der Waals surface area contributed by atoms with Crippen LogP contribution in [0.2, 0.25) is 0 Å². The van der Waals surface area contributed by atoms with Crippen molar-refractivity contribution in [1.82, 2.24) is 14.9 Å². The third kappa shape index (κ3) is 8.96. The average molecular weight is 339 g/mol. The molecule has 1 atom stereocenters. The number of hydrogen-bond donors (Lipinski definition) is 2. The van der Waals surface area contributed by atoms with Crippen molar-refractivity contribution >= 4 is 30.7 Å². The summed E-state index contributed by atoms with van der Waals surface area (Å²) in [5.74, 6) is 1.44. The number of aromatic nitrogens is 2. The molecule has 7 heteroatoms. The van der Waals surface area contributed by atoms with Crippen LogP contribution < -0.4 is 11.1 Å². The molecule has 0 saturated carbocycles. The zero-order chi connectivity index (χ0) is 14.3. The highest BCUT2D eigenvalue weighted by Gasteiger charge is 2.13. The first-order chi connectivity index (χ1) is 9.00. The summed E-state index contributed by atoms with van der Waals surface area (Å²) in [5.41, 5.74) is 5.81. The van der Waals surface area contributed by atoms with E-state index in [2.05, 4.69) is 28.7 Å². The third-order valence-corrected chi connectivity index (χ3v) is 3.11. The number of aryl methyl sites for hydroxylation is 2. The van der Waals surface area contributed by atoms with E-state index in [0.29, 0.717) is 12.5 Å². The monoisotopic (exact) mass is 338 g/mol. The lowest BCUT2D eigenvalue weighted by atomic mass is 10.0. The van der Waals surface area contributed by atoms with Crippen LogP contribution in [0.25, 0.3) is 0 Å². The standard InChI is InChI=1S/C14H26N4O.2ClH/c1-11(2)10-13(15)14(19)17-6-4-5-8-18-9-7-16-12(18)3;;/h7,9,11,13H,4-6,8,10,15H2,1-3H3,(H,17,19);2*1H/t13-;;/m0../s1. The van der Waals surface area contributed by atoms with Crippen LogP contribution in [0.1, 0.15) is 38.9 Å². The molecule has 1 rings (SSSR count). The van der Waals surface area contributed by atoms with Crippen LogP contribution in [0, 0.1) is 12.8 Å². The fraction of sp³-hybridized carbons (Fsp3) is 0.714. The van der Waals surface area contributed by atoms with Gasteiger partial charge in [-0.2, -0.15) is 0 Å². The van der Waals surface area contributed by atoms with Crippen molar-refractivity contribution in [2.45, 2.75) is 52.6 Å². The molecule has 1 aromatic heterocycles. The maximum atomic E-state index is 11.7. The Morgan fingerprint density at radius 2 is 2.05 bits per heavy atom. The number of nitrogens with two attached hydrogens (primary N) is 1. The molecular weight excluding hydrogens is 311 g/mol. The molecule has 21 heavy (non-hydrogen) atoms. The van der Waals surface area contributed by atoms with Crippen molar-refractivity contribution in [1.29, 1.82) is 0 Å². The number of amides is 1. The summed E-state index contributed by atoms with van der Waals surface area (Å²) in [6, 6.07) is -0.379. The summed E-state index contributed by atoms with van der Waals surface area (Å²) in [6.45, 7) is 7.77. The van der Waals surface area contributed by atoms with Gasteiger partial charge in [0, 0.05) is 25.5 Å². The van der Waals surface area contributed by atoms with Gasteiger partial charge in [-0.1, -0.05) is 13.8 Å². The molecule has 0 aliphatic heterocycles. The maximum absolute atomic E-state index is 11.7. The first-order valence-corrected chi connectivity index (χ1v) is 7.01. The highest BCUT2D eigenvalue weighted by molar-refractivity contribution is 5.85. The predicted octanol–water partition coefficient (Wildman–Crippen LogP) is 2.30. The summed E-state index contributed by atoms with van der Waals surface area (Å²) in [5, 5.41) is 2.89. The normalized spacial score (nSPS) is 11.5. The molecule has 0 fully saturated rings. The van der Waals surface area contributed by atoms with E-state index < -0.39 is 0 Å². The predicted molar refractivity (Wildman–Crippen MR) is 91.1 cm³/mol. The van der Waals surface area contributed by atoms with E-state index in [1.807, 2.05) is 19.3 Å². The topological polar surface area (TPSA) is 72.9 Å². The molecule has 1 aromatic rings. The summed E-state index contributed by atoms with van der Waals surface area (Å²) in [7, 11) is 0. The Kier molecular flexibility index (Phi) is 12.7. The maximum Gasteiger partial charge on any atom is 0.236 e. The smallest absolute Gasteiger partial charge is 0.236 e. The van der Waals surface area contributed by atoms with Crippen LogP contribution >= 0.6 is 24.8 Å². The Balaban J connectivity index is 0. The quantitative estimate of drug-likeness (QED) is 0.714. The molecule has 0 unspecified atom stereocenters. The first-order valence-electron chi connectivity index (χ1n) is 7.01. The Hall–Kier alpha value is -0.780. The van der Waals surface area contributed by atoms with E-state index in [4.69, 9.17) is 5.73 Å². The van der Waals surface area contributed by atoms with Crippen LogP contribution in [0.4, 0.5) is 0 Å². The molecule has 5 nitrogen and oxygen atoms in total. The molecule has 1 heterocycles. The van der Waals surface area contributed by atoms with Gasteiger partial charge in [-0.05, 0) is 32.1 Å². The van der Waals surface area contributed by atoms with Crippen molar-refractivity contribution in [3.63, 3.8) is 0 Å². The lowest BCUT2D eigenvalue weighted by Gasteiger charge is -2.14. The van der Waals surface area contributed by atoms with Crippen molar-refractivity contribution in [3.05, 3.63) is 18.2 Å². The van der Waals surface area contributed by atoms with Crippen LogP contribution in [0.3, 0.4) is 0 Å². The summed E-state index contributed by atoms with van der Waals surface area (Å²) in [4.78, 5) is 15.8. The van der Waals surface area contributed by atoms with E-state index in [1.54, 1.807) is 0 Å². The minimum atomic E-state index is -0.379. The zero-order valence-corrected chi connectivity index (χ0v) is 14.7. The van der Waals surface area contributed by atoms with Crippen LogP contribution in [0.15, 0.2) is 12.4 Å². The molecule has 0 bridgehead atoms. The van der Waals surface area contributed by atoms with E-state index in [-0.39, 0.29) is 36.8 Å². The van der Waals surface area contributed by atoms with Gasteiger partial charge in [0.2, 0.25) is 5.91 Å².